The minimum Gasteiger partial charge on any atom is -0.0764 e. The maximum atomic E-state index is 2.60. The molecule has 1 unspecified atom stereocenters. The summed E-state index contributed by atoms with van der Waals surface area (Å²) in [6.07, 6.45) is 10.5. The van der Waals surface area contributed by atoms with Gasteiger partial charge in [-0.1, -0.05) is 179 Å². The molecule has 12 rings (SSSR count). The topological polar surface area (TPSA) is 0 Å². The third kappa shape index (κ3) is 4.16. The van der Waals surface area contributed by atoms with Crippen molar-refractivity contribution in [3.05, 3.63) is 185 Å². The van der Waals surface area contributed by atoms with Gasteiger partial charge < -0.3 is 0 Å². The van der Waals surface area contributed by atoms with Gasteiger partial charge in [0.05, 0.1) is 0 Å². The van der Waals surface area contributed by atoms with Crippen LogP contribution >= 0.6 is 0 Å². The molecule has 3 aliphatic rings. The van der Waals surface area contributed by atoms with E-state index in [1.807, 2.05) is 0 Å². The lowest BCUT2D eigenvalue weighted by Crippen LogP contribution is -2.25. The van der Waals surface area contributed by atoms with Crippen molar-refractivity contribution in [3.8, 4) is 11.1 Å². The Balaban J connectivity index is 1.04. The molecule has 0 aromatic heterocycles. The molecule has 0 spiro atoms. The summed E-state index contributed by atoms with van der Waals surface area (Å²) in [7, 11) is 0. The number of hydrogen-bond donors (Lipinski definition) is 0. The Kier molecular flexibility index (Phi) is 7.21. The van der Waals surface area contributed by atoms with E-state index in [0.717, 1.165) is 32.1 Å². The lowest BCUT2D eigenvalue weighted by atomic mass is 9.69. The molecule has 0 saturated carbocycles. The van der Waals surface area contributed by atoms with Crippen molar-refractivity contribution in [2.45, 2.75) is 76.5 Å². The molecule has 0 radical (unpaired) electrons. The minimum atomic E-state index is -0.0354. The number of benzene rings is 9. The fraction of sp³-hybridized carbons (Fsp3) is 0.207. The molecule has 9 aromatic rings. The highest BCUT2D eigenvalue weighted by Crippen LogP contribution is 2.60. The molecule has 280 valence electrons. The average Bonchev–Trinajstić information content (AvgIpc) is 3.75. The predicted octanol–water partition coefficient (Wildman–Crippen LogP) is 16.3. The number of allylic oxidation sites excluding steroid dienone is 4. The first-order valence-electron chi connectivity index (χ1n) is 21.9. The average molecular weight is 745 g/mol. The monoisotopic (exact) mass is 744 g/mol. The zero-order valence-corrected chi connectivity index (χ0v) is 34.0. The summed E-state index contributed by atoms with van der Waals surface area (Å²) in [4.78, 5) is 0. The molecular weight excluding hydrogens is 697 g/mol. The first-order valence-corrected chi connectivity index (χ1v) is 21.9. The molecule has 3 aliphatic carbocycles. The van der Waals surface area contributed by atoms with Crippen LogP contribution in [0.25, 0.3) is 81.3 Å². The van der Waals surface area contributed by atoms with Crippen molar-refractivity contribution >= 4 is 70.2 Å². The molecule has 0 fully saturated rings. The summed E-state index contributed by atoms with van der Waals surface area (Å²) in [5.41, 5.74) is 13.5. The molecule has 0 aliphatic heterocycles. The van der Waals surface area contributed by atoms with Crippen LogP contribution in [0.5, 0.6) is 0 Å². The van der Waals surface area contributed by atoms with E-state index in [4.69, 9.17) is 0 Å². The maximum absolute atomic E-state index is 2.60. The van der Waals surface area contributed by atoms with E-state index in [2.05, 4.69) is 179 Å². The lowest BCUT2D eigenvalue weighted by molar-refractivity contribution is 0.488. The predicted molar refractivity (Wildman–Crippen MR) is 250 cm³/mol. The summed E-state index contributed by atoms with van der Waals surface area (Å²) < 4.78 is 0. The summed E-state index contributed by atoms with van der Waals surface area (Å²) in [6.45, 7) is 9.67. The lowest BCUT2D eigenvalue weighted by Gasteiger charge is -2.33. The Bertz CT molecular complexity index is 3230. The van der Waals surface area contributed by atoms with Gasteiger partial charge in [-0.15, -0.1) is 0 Å². The van der Waals surface area contributed by atoms with Crippen molar-refractivity contribution in [3.63, 3.8) is 0 Å². The smallest absolute Gasteiger partial charge is 0.0216 e. The molecule has 0 nitrogen and oxygen atoms in total. The van der Waals surface area contributed by atoms with Crippen LogP contribution in [-0.2, 0) is 10.8 Å². The zero-order chi connectivity index (χ0) is 38.9. The van der Waals surface area contributed by atoms with Crippen LogP contribution in [0.2, 0.25) is 0 Å². The second kappa shape index (κ2) is 12.3. The molecule has 9 aromatic carbocycles. The van der Waals surface area contributed by atoms with Crippen molar-refractivity contribution in [2.75, 3.05) is 0 Å². The summed E-state index contributed by atoms with van der Waals surface area (Å²) in [5, 5.41) is 16.6. The SMILES string of the molecule is CCC1(CC)C2=C(CC(c3ccc4c(c3)-c3ccc5c6ccccc6c6ccccc6c5c3C4(CC)CC)C=C2)c2ccc3c4ccccc4c4ccccc4c3c21. The Morgan fingerprint density at radius 1 is 0.431 bits per heavy atom. The van der Waals surface area contributed by atoms with Crippen molar-refractivity contribution in [1.82, 2.24) is 0 Å². The van der Waals surface area contributed by atoms with Gasteiger partial charge in [0.1, 0.15) is 0 Å². The molecule has 0 amide bonds. The van der Waals surface area contributed by atoms with Crippen molar-refractivity contribution in [2.24, 2.45) is 0 Å². The molecule has 0 N–H and O–H groups in total. The normalized spacial score (nSPS) is 17.5. The highest BCUT2D eigenvalue weighted by atomic mass is 14.5. The van der Waals surface area contributed by atoms with Gasteiger partial charge in [-0.05, 0) is 147 Å². The Morgan fingerprint density at radius 3 is 1.36 bits per heavy atom. The molecule has 58 heavy (non-hydrogen) atoms. The Labute approximate surface area is 341 Å². The molecule has 0 heteroatoms. The molecule has 1 atom stereocenters. The molecule has 0 bridgehead atoms. The van der Waals surface area contributed by atoms with Gasteiger partial charge >= 0.3 is 0 Å². The molecule has 0 saturated heterocycles. The van der Waals surface area contributed by atoms with Gasteiger partial charge in [0.25, 0.3) is 0 Å². The second-order valence-electron chi connectivity index (χ2n) is 17.4. The summed E-state index contributed by atoms with van der Waals surface area (Å²) >= 11 is 0. The minimum absolute atomic E-state index is 0.0103. The Hall–Kier alpha value is -5.98. The maximum Gasteiger partial charge on any atom is 0.0216 e. The van der Waals surface area contributed by atoms with E-state index in [1.54, 1.807) is 22.3 Å². The van der Waals surface area contributed by atoms with Crippen LogP contribution in [0, 0.1) is 0 Å². The van der Waals surface area contributed by atoms with Crippen LogP contribution in [0.1, 0.15) is 93.5 Å². The van der Waals surface area contributed by atoms with Gasteiger partial charge in [0.15, 0.2) is 0 Å². The molecule has 0 heterocycles. The quantitative estimate of drug-likeness (QED) is 0.154. The van der Waals surface area contributed by atoms with Crippen LogP contribution in [0.4, 0.5) is 0 Å². The van der Waals surface area contributed by atoms with Gasteiger partial charge in [0, 0.05) is 16.7 Å². The van der Waals surface area contributed by atoms with Gasteiger partial charge in [0.2, 0.25) is 0 Å². The van der Waals surface area contributed by atoms with Crippen LogP contribution in [0.3, 0.4) is 0 Å². The highest BCUT2D eigenvalue weighted by Gasteiger charge is 2.46. The Morgan fingerprint density at radius 2 is 0.862 bits per heavy atom. The summed E-state index contributed by atoms with van der Waals surface area (Å²) in [5.74, 6) is 0.317. The largest absolute Gasteiger partial charge is 0.0764 e. The number of rotatable bonds is 5. The highest BCUT2D eigenvalue weighted by molar-refractivity contribution is 6.28. The van der Waals surface area contributed by atoms with E-state index in [-0.39, 0.29) is 10.8 Å². The van der Waals surface area contributed by atoms with E-state index >= 15 is 0 Å². The third-order valence-corrected chi connectivity index (χ3v) is 15.6. The fourth-order valence-electron chi connectivity index (χ4n) is 12.8. The van der Waals surface area contributed by atoms with E-state index in [0.29, 0.717) is 5.92 Å². The standard InChI is InChI=1S/C58H48/c1-5-57(6-2)51-31-25-35(33-49(51)47-29-27-45-41-21-11-9-17-37(41)39-19-13-15-23-43(39)53(45)55(47)57)36-26-32-52-50(34-36)48-30-28-46-42-22-12-10-18-38(42)40-20-14-16-24-44(40)54(46)56(48)58(52,7-3)8-4/h9-33,36H,5-8,34H2,1-4H3. The zero-order valence-electron chi connectivity index (χ0n) is 34.0. The van der Waals surface area contributed by atoms with Gasteiger partial charge in [-0.25, -0.2) is 0 Å². The van der Waals surface area contributed by atoms with E-state index in [9.17, 15) is 0 Å². The third-order valence-electron chi connectivity index (χ3n) is 15.6. The second-order valence-corrected chi connectivity index (χ2v) is 17.4. The fourth-order valence-corrected chi connectivity index (χ4v) is 12.8. The number of fused-ring (bicyclic) bond motifs is 19. The summed E-state index contributed by atoms with van der Waals surface area (Å²) in [6, 6.07) is 53.8. The first-order chi connectivity index (χ1) is 28.6. The van der Waals surface area contributed by atoms with E-state index < -0.39 is 0 Å². The van der Waals surface area contributed by atoms with Crippen LogP contribution < -0.4 is 0 Å². The van der Waals surface area contributed by atoms with Crippen LogP contribution in [0.15, 0.2) is 157 Å². The first kappa shape index (κ1) is 34.1. The van der Waals surface area contributed by atoms with Gasteiger partial charge in [-0.2, -0.15) is 0 Å². The van der Waals surface area contributed by atoms with Crippen molar-refractivity contribution < 1.29 is 0 Å². The van der Waals surface area contributed by atoms with Crippen molar-refractivity contribution in [1.29, 1.82) is 0 Å². The number of hydrogen-bond acceptors (Lipinski definition) is 0. The molecular formula is C58H48. The van der Waals surface area contributed by atoms with Crippen LogP contribution in [-0.4, -0.2) is 0 Å². The van der Waals surface area contributed by atoms with E-state index in [1.165, 1.54) is 92.5 Å². The van der Waals surface area contributed by atoms with Gasteiger partial charge in [-0.3, -0.25) is 0 Å².